The van der Waals surface area contributed by atoms with Gasteiger partial charge in [-0.2, -0.15) is 5.10 Å². The van der Waals surface area contributed by atoms with Gasteiger partial charge in [0.2, 0.25) is 0 Å². The van der Waals surface area contributed by atoms with E-state index in [-0.39, 0.29) is 0 Å². The number of imidazole rings is 1. The topological polar surface area (TPSA) is 43.1 Å². The van der Waals surface area contributed by atoms with Crippen LogP contribution in [-0.2, 0) is 6.42 Å². The number of rotatable bonds is 4. The Bertz CT molecular complexity index is 830. The predicted octanol–water partition coefficient (Wildman–Crippen LogP) is 3.93. The van der Waals surface area contributed by atoms with Crippen molar-refractivity contribution >= 4 is 5.65 Å². The summed E-state index contributed by atoms with van der Waals surface area (Å²) in [5, 5.41) is 4.74. The SMILES string of the molecule is CCCc1cc(-c2cc(C3CC3)nn3cc(C)nc23)ccn1. The van der Waals surface area contributed by atoms with Crippen molar-refractivity contribution in [2.45, 2.75) is 45.4 Å². The molecule has 1 aliphatic carbocycles. The van der Waals surface area contributed by atoms with E-state index in [9.17, 15) is 0 Å². The van der Waals surface area contributed by atoms with Crippen molar-refractivity contribution in [1.82, 2.24) is 19.6 Å². The molecule has 0 unspecified atom stereocenters. The molecule has 0 saturated heterocycles. The molecule has 0 atom stereocenters. The van der Waals surface area contributed by atoms with Gasteiger partial charge >= 0.3 is 0 Å². The Kier molecular flexibility index (Phi) is 3.17. The molecule has 3 aromatic rings. The third kappa shape index (κ3) is 2.39. The van der Waals surface area contributed by atoms with Gasteiger partial charge in [0, 0.05) is 23.4 Å². The molecule has 1 aliphatic rings. The van der Waals surface area contributed by atoms with E-state index < -0.39 is 0 Å². The van der Waals surface area contributed by atoms with Crippen LogP contribution in [0.1, 0.15) is 49.2 Å². The maximum Gasteiger partial charge on any atom is 0.161 e. The van der Waals surface area contributed by atoms with Crippen molar-refractivity contribution in [1.29, 1.82) is 0 Å². The largest absolute Gasteiger partial charge is 0.261 e. The number of fused-ring (bicyclic) bond motifs is 1. The molecule has 0 bridgehead atoms. The first kappa shape index (κ1) is 13.4. The zero-order valence-electron chi connectivity index (χ0n) is 13.1. The van der Waals surface area contributed by atoms with Crippen molar-refractivity contribution in [3.8, 4) is 11.1 Å². The molecule has 4 heteroatoms. The Morgan fingerprint density at radius 1 is 1.27 bits per heavy atom. The normalized spacial score (nSPS) is 14.6. The molecule has 0 aliphatic heterocycles. The van der Waals surface area contributed by atoms with E-state index in [1.54, 1.807) is 0 Å². The number of aryl methyl sites for hydroxylation is 2. The van der Waals surface area contributed by atoms with Gasteiger partial charge in [0.25, 0.3) is 0 Å². The molecule has 0 spiro atoms. The number of nitrogens with zero attached hydrogens (tertiary/aromatic N) is 4. The first-order chi connectivity index (χ1) is 10.7. The van der Waals surface area contributed by atoms with E-state index >= 15 is 0 Å². The van der Waals surface area contributed by atoms with Crippen molar-refractivity contribution in [2.24, 2.45) is 0 Å². The van der Waals surface area contributed by atoms with Crippen LogP contribution in [0.2, 0.25) is 0 Å². The molecule has 3 aromatic heterocycles. The Hall–Kier alpha value is -2.23. The molecule has 112 valence electrons. The summed E-state index contributed by atoms with van der Waals surface area (Å²) in [6.07, 6.45) is 8.55. The summed E-state index contributed by atoms with van der Waals surface area (Å²) in [5.41, 5.74) is 6.64. The second kappa shape index (κ2) is 5.20. The smallest absolute Gasteiger partial charge is 0.161 e. The molecule has 1 fully saturated rings. The molecule has 0 N–H and O–H groups in total. The van der Waals surface area contributed by atoms with Crippen LogP contribution in [0.3, 0.4) is 0 Å². The van der Waals surface area contributed by atoms with Crippen LogP contribution in [0.5, 0.6) is 0 Å². The highest BCUT2D eigenvalue weighted by Gasteiger charge is 2.26. The maximum atomic E-state index is 4.74. The summed E-state index contributed by atoms with van der Waals surface area (Å²) in [6.45, 7) is 4.20. The quantitative estimate of drug-likeness (QED) is 0.731. The minimum absolute atomic E-state index is 0.628. The van der Waals surface area contributed by atoms with Crippen LogP contribution < -0.4 is 0 Å². The lowest BCUT2D eigenvalue weighted by Gasteiger charge is -2.08. The second-order valence-corrected chi connectivity index (χ2v) is 6.19. The summed E-state index contributed by atoms with van der Waals surface area (Å²) in [5.74, 6) is 0.628. The van der Waals surface area contributed by atoms with Gasteiger partial charge < -0.3 is 0 Å². The van der Waals surface area contributed by atoms with Crippen molar-refractivity contribution in [3.05, 3.63) is 47.7 Å². The number of aromatic nitrogens is 4. The zero-order valence-corrected chi connectivity index (χ0v) is 13.1. The third-order valence-corrected chi connectivity index (χ3v) is 4.19. The molecule has 4 rings (SSSR count). The lowest BCUT2D eigenvalue weighted by Crippen LogP contribution is -1.99. The number of pyridine rings is 1. The highest BCUT2D eigenvalue weighted by atomic mass is 15.3. The molecule has 0 radical (unpaired) electrons. The fourth-order valence-electron chi connectivity index (χ4n) is 2.94. The second-order valence-electron chi connectivity index (χ2n) is 6.19. The zero-order chi connectivity index (χ0) is 15.1. The Labute approximate surface area is 130 Å². The summed E-state index contributed by atoms with van der Waals surface area (Å²) < 4.78 is 1.94. The molecule has 3 heterocycles. The van der Waals surface area contributed by atoms with E-state index in [1.807, 2.05) is 23.8 Å². The van der Waals surface area contributed by atoms with Gasteiger partial charge in [-0.1, -0.05) is 13.3 Å². The first-order valence-electron chi connectivity index (χ1n) is 8.07. The number of hydrogen-bond acceptors (Lipinski definition) is 3. The summed E-state index contributed by atoms with van der Waals surface area (Å²) in [7, 11) is 0. The standard InChI is InChI=1S/C18H20N4/c1-3-4-15-9-14(7-8-19-15)16-10-17(13-5-6-13)21-22-11-12(2)20-18(16)22/h7-11,13H,3-6H2,1-2H3. The highest BCUT2D eigenvalue weighted by Crippen LogP contribution is 2.40. The summed E-state index contributed by atoms with van der Waals surface area (Å²) in [4.78, 5) is 9.13. The highest BCUT2D eigenvalue weighted by molar-refractivity contribution is 5.77. The monoisotopic (exact) mass is 292 g/mol. The van der Waals surface area contributed by atoms with Gasteiger partial charge in [-0.15, -0.1) is 0 Å². The van der Waals surface area contributed by atoms with Gasteiger partial charge in [-0.3, -0.25) is 4.98 Å². The Morgan fingerprint density at radius 2 is 2.14 bits per heavy atom. The van der Waals surface area contributed by atoms with Crippen LogP contribution in [0, 0.1) is 6.92 Å². The van der Waals surface area contributed by atoms with E-state index in [0.717, 1.165) is 29.9 Å². The predicted molar refractivity (Wildman–Crippen MR) is 86.9 cm³/mol. The van der Waals surface area contributed by atoms with Crippen LogP contribution in [-0.4, -0.2) is 19.6 Å². The Balaban J connectivity index is 1.90. The fraction of sp³-hybridized carbons (Fsp3) is 0.389. The van der Waals surface area contributed by atoms with E-state index in [1.165, 1.54) is 29.7 Å². The third-order valence-electron chi connectivity index (χ3n) is 4.19. The van der Waals surface area contributed by atoms with E-state index in [4.69, 9.17) is 5.10 Å². The molecule has 22 heavy (non-hydrogen) atoms. The van der Waals surface area contributed by atoms with Crippen molar-refractivity contribution in [2.75, 3.05) is 0 Å². The van der Waals surface area contributed by atoms with Crippen molar-refractivity contribution in [3.63, 3.8) is 0 Å². The van der Waals surface area contributed by atoms with Crippen molar-refractivity contribution < 1.29 is 0 Å². The molecular weight excluding hydrogens is 272 g/mol. The Morgan fingerprint density at radius 3 is 2.91 bits per heavy atom. The van der Waals surface area contributed by atoms with E-state index in [0.29, 0.717) is 5.92 Å². The minimum Gasteiger partial charge on any atom is -0.261 e. The first-order valence-corrected chi connectivity index (χ1v) is 8.07. The molecule has 0 aromatic carbocycles. The van der Waals surface area contributed by atoms with E-state index in [2.05, 4.69) is 35.1 Å². The van der Waals surface area contributed by atoms with Gasteiger partial charge in [0.15, 0.2) is 5.65 Å². The van der Waals surface area contributed by atoms with Crippen LogP contribution in [0.25, 0.3) is 16.8 Å². The molecule has 0 amide bonds. The van der Waals surface area contributed by atoms with Gasteiger partial charge in [-0.05, 0) is 49.9 Å². The fourth-order valence-corrected chi connectivity index (χ4v) is 2.94. The van der Waals surface area contributed by atoms with Crippen LogP contribution in [0.4, 0.5) is 0 Å². The van der Waals surface area contributed by atoms with Gasteiger partial charge in [0.1, 0.15) is 0 Å². The maximum absolute atomic E-state index is 4.74. The van der Waals surface area contributed by atoms with Crippen LogP contribution >= 0.6 is 0 Å². The molecule has 1 saturated carbocycles. The van der Waals surface area contributed by atoms with Gasteiger partial charge in [0.05, 0.1) is 17.6 Å². The average Bonchev–Trinajstić information content (AvgIpc) is 3.28. The lowest BCUT2D eigenvalue weighted by molar-refractivity contribution is 0.855. The van der Waals surface area contributed by atoms with Crippen LogP contribution in [0.15, 0.2) is 30.6 Å². The molecular formula is C18H20N4. The lowest BCUT2D eigenvalue weighted by atomic mass is 10.0. The molecule has 4 nitrogen and oxygen atoms in total. The van der Waals surface area contributed by atoms with Gasteiger partial charge in [-0.25, -0.2) is 9.50 Å². The summed E-state index contributed by atoms with van der Waals surface area (Å²) in [6, 6.07) is 6.50. The minimum atomic E-state index is 0.628. The number of hydrogen-bond donors (Lipinski definition) is 0. The average molecular weight is 292 g/mol. The summed E-state index contributed by atoms with van der Waals surface area (Å²) >= 11 is 0.